The lowest BCUT2D eigenvalue weighted by Gasteiger charge is -2.27. The Kier molecular flexibility index (Phi) is 8.22. The maximum absolute atomic E-state index is 12.2. The first-order valence-electron chi connectivity index (χ1n) is 13.2. The van der Waals surface area contributed by atoms with E-state index in [1.807, 2.05) is 55.5 Å². The molecule has 6 heteroatoms. The number of benzene rings is 4. The van der Waals surface area contributed by atoms with Crippen molar-refractivity contribution in [3.63, 3.8) is 0 Å². The molecule has 0 fully saturated rings. The number of fused-ring (bicyclic) bond motifs is 2. The molecule has 6 nitrogen and oxygen atoms in total. The van der Waals surface area contributed by atoms with Crippen molar-refractivity contribution in [1.82, 2.24) is 5.32 Å². The van der Waals surface area contributed by atoms with Crippen molar-refractivity contribution in [2.24, 2.45) is 0 Å². The van der Waals surface area contributed by atoms with Crippen LogP contribution in [0.1, 0.15) is 29.3 Å². The number of aliphatic hydroxyl groups is 1. The standard InChI is InChI=1S/C32H33NO5/c1-2-36-32(35)26-11-9-22-8-10-23(17-27(22)18-26)24-13-15-31-25(16-24)12-14-30(38-31)20-33-19-28(34)21-37-29-6-4-3-5-7-29/h3-11,13,15-18,28,30,33-34H,2,12,14,19-21H2,1H3/t28-,30+/m0/s1. The summed E-state index contributed by atoms with van der Waals surface area (Å²) in [6, 6.07) is 27.8. The number of hydrogen-bond acceptors (Lipinski definition) is 6. The van der Waals surface area contributed by atoms with Crippen molar-refractivity contribution in [1.29, 1.82) is 0 Å². The second-order valence-corrected chi connectivity index (χ2v) is 9.53. The van der Waals surface area contributed by atoms with Crippen molar-refractivity contribution in [2.45, 2.75) is 32.0 Å². The third kappa shape index (κ3) is 6.33. The minimum atomic E-state index is -0.594. The summed E-state index contributed by atoms with van der Waals surface area (Å²) in [7, 11) is 0. The number of para-hydroxylation sites is 1. The van der Waals surface area contributed by atoms with Crippen LogP contribution in [0.5, 0.6) is 11.5 Å². The zero-order valence-corrected chi connectivity index (χ0v) is 21.6. The van der Waals surface area contributed by atoms with Gasteiger partial charge < -0.3 is 24.6 Å². The van der Waals surface area contributed by atoms with E-state index >= 15 is 0 Å². The third-order valence-corrected chi connectivity index (χ3v) is 6.71. The average molecular weight is 512 g/mol. The minimum Gasteiger partial charge on any atom is -0.491 e. The second kappa shape index (κ2) is 12.1. The van der Waals surface area contributed by atoms with Gasteiger partial charge in [0, 0.05) is 13.1 Å². The van der Waals surface area contributed by atoms with Gasteiger partial charge in [-0.15, -0.1) is 0 Å². The fourth-order valence-corrected chi connectivity index (χ4v) is 4.71. The zero-order chi connectivity index (χ0) is 26.3. The van der Waals surface area contributed by atoms with Crippen LogP contribution in [0.2, 0.25) is 0 Å². The van der Waals surface area contributed by atoms with Gasteiger partial charge in [-0.25, -0.2) is 4.79 Å². The highest BCUT2D eigenvalue weighted by atomic mass is 16.5. The summed E-state index contributed by atoms with van der Waals surface area (Å²) in [5.74, 6) is 1.36. The fraction of sp³-hybridized carbons (Fsp3) is 0.281. The first kappa shape index (κ1) is 25.8. The second-order valence-electron chi connectivity index (χ2n) is 9.53. The van der Waals surface area contributed by atoms with E-state index in [1.165, 1.54) is 5.56 Å². The number of carbonyl (C=O) groups excluding carboxylic acids is 1. The predicted octanol–water partition coefficient (Wildman–Crippen LogP) is 5.41. The number of hydrogen-bond donors (Lipinski definition) is 2. The van der Waals surface area contributed by atoms with E-state index in [9.17, 15) is 9.90 Å². The van der Waals surface area contributed by atoms with Crippen LogP contribution in [-0.2, 0) is 11.2 Å². The van der Waals surface area contributed by atoms with Crippen LogP contribution in [0.3, 0.4) is 0 Å². The van der Waals surface area contributed by atoms with Gasteiger partial charge in [-0.1, -0.05) is 42.5 Å². The lowest BCUT2D eigenvalue weighted by Crippen LogP contribution is -2.39. The molecule has 1 aliphatic heterocycles. The molecule has 4 aromatic carbocycles. The van der Waals surface area contributed by atoms with E-state index in [0.717, 1.165) is 46.2 Å². The minimum absolute atomic E-state index is 0.0533. The first-order chi connectivity index (χ1) is 18.6. The van der Waals surface area contributed by atoms with Crippen molar-refractivity contribution in [3.8, 4) is 22.6 Å². The molecular weight excluding hydrogens is 478 g/mol. The Morgan fingerprint density at radius 3 is 2.63 bits per heavy atom. The number of ether oxygens (including phenoxy) is 3. The highest BCUT2D eigenvalue weighted by Gasteiger charge is 2.20. The number of aliphatic hydroxyl groups excluding tert-OH is 1. The Balaban J connectivity index is 1.17. The highest BCUT2D eigenvalue weighted by Crippen LogP contribution is 2.33. The Bertz CT molecular complexity index is 1390. The van der Waals surface area contributed by atoms with E-state index in [4.69, 9.17) is 14.2 Å². The molecule has 4 aromatic rings. The van der Waals surface area contributed by atoms with Gasteiger partial charge >= 0.3 is 5.97 Å². The molecule has 0 bridgehead atoms. The Morgan fingerprint density at radius 2 is 1.79 bits per heavy atom. The molecule has 0 radical (unpaired) electrons. The monoisotopic (exact) mass is 511 g/mol. The van der Waals surface area contributed by atoms with E-state index in [1.54, 1.807) is 6.07 Å². The number of aryl methyl sites for hydroxylation is 1. The molecular formula is C32H33NO5. The van der Waals surface area contributed by atoms with Crippen LogP contribution >= 0.6 is 0 Å². The largest absolute Gasteiger partial charge is 0.491 e. The molecule has 0 unspecified atom stereocenters. The SMILES string of the molecule is CCOC(=O)c1ccc2ccc(-c3ccc4c(c3)CC[C@H](CNC[C@H](O)COc3ccccc3)O4)cc2c1. The number of esters is 1. The van der Waals surface area contributed by atoms with Gasteiger partial charge in [0.05, 0.1) is 12.2 Å². The van der Waals surface area contributed by atoms with Crippen LogP contribution in [0, 0.1) is 0 Å². The lowest BCUT2D eigenvalue weighted by molar-refractivity contribution is 0.0526. The molecule has 1 heterocycles. The highest BCUT2D eigenvalue weighted by molar-refractivity contribution is 5.96. The number of carbonyl (C=O) groups is 1. The maximum Gasteiger partial charge on any atom is 0.338 e. The van der Waals surface area contributed by atoms with Crippen molar-refractivity contribution < 1.29 is 24.1 Å². The predicted molar refractivity (Wildman–Crippen MR) is 149 cm³/mol. The Hall–Kier alpha value is -3.87. The number of rotatable bonds is 10. The van der Waals surface area contributed by atoms with Gasteiger partial charge in [0.15, 0.2) is 0 Å². The average Bonchev–Trinajstić information content (AvgIpc) is 2.96. The summed E-state index contributed by atoms with van der Waals surface area (Å²) >= 11 is 0. The van der Waals surface area contributed by atoms with E-state index < -0.39 is 6.10 Å². The van der Waals surface area contributed by atoms with Crippen LogP contribution < -0.4 is 14.8 Å². The molecule has 5 rings (SSSR count). The van der Waals surface area contributed by atoms with E-state index in [2.05, 4.69) is 35.6 Å². The van der Waals surface area contributed by atoms with Crippen LogP contribution in [0.4, 0.5) is 0 Å². The molecule has 2 N–H and O–H groups in total. The van der Waals surface area contributed by atoms with E-state index in [-0.39, 0.29) is 18.7 Å². The van der Waals surface area contributed by atoms with Gasteiger partial charge in [0.1, 0.15) is 30.3 Å². The quantitative estimate of drug-likeness (QED) is 0.278. The molecule has 0 amide bonds. The molecule has 0 saturated heterocycles. The fourth-order valence-electron chi connectivity index (χ4n) is 4.71. The molecule has 0 spiro atoms. The molecule has 196 valence electrons. The lowest BCUT2D eigenvalue weighted by atomic mass is 9.95. The van der Waals surface area contributed by atoms with Crippen LogP contribution in [0.15, 0.2) is 84.9 Å². The van der Waals surface area contributed by atoms with Gasteiger partial charge in [-0.05, 0) is 89.7 Å². The summed E-state index contributed by atoms with van der Waals surface area (Å²) < 4.78 is 17.0. The van der Waals surface area contributed by atoms with E-state index in [0.29, 0.717) is 25.3 Å². The first-order valence-corrected chi connectivity index (χ1v) is 13.2. The zero-order valence-electron chi connectivity index (χ0n) is 21.6. The molecule has 0 aromatic heterocycles. The van der Waals surface area contributed by atoms with Crippen LogP contribution in [0.25, 0.3) is 21.9 Å². The summed E-state index contributed by atoms with van der Waals surface area (Å²) in [5, 5.41) is 15.6. The molecule has 2 atom stereocenters. The topological polar surface area (TPSA) is 77.0 Å². The van der Waals surface area contributed by atoms with Crippen LogP contribution in [-0.4, -0.2) is 49.6 Å². The number of nitrogens with one attached hydrogen (secondary N) is 1. The Labute approximate surface area is 223 Å². The van der Waals surface area contributed by atoms with Gasteiger partial charge in [0.2, 0.25) is 0 Å². The molecule has 0 saturated carbocycles. The summed E-state index contributed by atoms with van der Waals surface area (Å²) in [6.45, 7) is 3.52. The van der Waals surface area contributed by atoms with Crippen molar-refractivity contribution >= 4 is 16.7 Å². The Morgan fingerprint density at radius 1 is 1.00 bits per heavy atom. The van der Waals surface area contributed by atoms with Gasteiger partial charge in [-0.3, -0.25) is 0 Å². The molecule has 1 aliphatic rings. The molecule has 38 heavy (non-hydrogen) atoms. The summed E-state index contributed by atoms with van der Waals surface area (Å²) in [6.07, 6.45) is 1.29. The normalized spacial score (nSPS) is 15.4. The summed E-state index contributed by atoms with van der Waals surface area (Å²) in [4.78, 5) is 12.2. The van der Waals surface area contributed by atoms with Crippen molar-refractivity contribution in [3.05, 3.63) is 96.1 Å². The smallest absolute Gasteiger partial charge is 0.338 e. The maximum atomic E-state index is 12.2. The van der Waals surface area contributed by atoms with Crippen molar-refractivity contribution in [2.75, 3.05) is 26.3 Å². The third-order valence-electron chi connectivity index (χ3n) is 6.71. The summed E-state index contributed by atoms with van der Waals surface area (Å²) in [5.41, 5.74) is 3.97. The van der Waals surface area contributed by atoms with Gasteiger partial charge in [0.25, 0.3) is 0 Å². The van der Waals surface area contributed by atoms with Gasteiger partial charge in [-0.2, -0.15) is 0 Å². The molecule has 0 aliphatic carbocycles.